The predicted molar refractivity (Wildman–Crippen MR) is 97.0 cm³/mol. The molecule has 0 aliphatic carbocycles. The third kappa shape index (κ3) is 8.83. The average molecular weight is 462 g/mol. The fourth-order valence-corrected chi connectivity index (χ4v) is 2.86. The van der Waals surface area contributed by atoms with E-state index in [0.717, 1.165) is 25.5 Å². The number of nitrogens with one attached hydrogen (secondary N) is 2. The summed E-state index contributed by atoms with van der Waals surface area (Å²) in [5.41, 5.74) is 0. The fraction of sp³-hybridized carbons (Fsp3) is 0.583. The second-order valence-corrected chi connectivity index (χ2v) is 6.18. The number of aliphatic imine (C=N–C) groups is 1. The Morgan fingerprint density at radius 1 is 1.42 bits per heavy atom. The van der Waals surface area contributed by atoms with E-state index in [-0.39, 0.29) is 24.0 Å². The largest absolute Gasteiger partial charge is 0.383 e. The SMILES string of the molecule is CCNC(=NCCOC)NCCc1ccc(Br)s1.I. The monoisotopic (exact) mass is 461 g/mol. The quantitative estimate of drug-likeness (QED) is 0.284. The van der Waals surface area contributed by atoms with Crippen molar-refractivity contribution in [2.45, 2.75) is 13.3 Å². The molecule has 0 radical (unpaired) electrons. The van der Waals surface area contributed by atoms with Crippen molar-refractivity contribution in [1.29, 1.82) is 0 Å². The highest BCUT2D eigenvalue weighted by Crippen LogP contribution is 2.21. The first kappa shape index (κ1) is 19.1. The van der Waals surface area contributed by atoms with Gasteiger partial charge >= 0.3 is 0 Å². The van der Waals surface area contributed by atoms with Gasteiger partial charge in [0.1, 0.15) is 0 Å². The van der Waals surface area contributed by atoms with E-state index in [4.69, 9.17) is 4.74 Å². The molecule has 0 bridgehead atoms. The van der Waals surface area contributed by atoms with Crippen LogP contribution in [0.1, 0.15) is 11.8 Å². The molecule has 1 aromatic rings. The van der Waals surface area contributed by atoms with Crippen LogP contribution in [0.5, 0.6) is 0 Å². The van der Waals surface area contributed by atoms with Crippen LogP contribution in [0.15, 0.2) is 20.9 Å². The first-order valence-electron chi connectivity index (χ1n) is 6.01. The van der Waals surface area contributed by atoms with Gasteiger partial charge in [-0.3, -0.25) is 4.99 Å². The van der Waals surface area contributed by atoms with Gasteiger partial charge in [-0.15, -0.1) is 35.3 Å². The molecule has 0 aliphatic rings. The van der Waals surface area contributed by atoms with Crippen molar-refractivity contribution in [2.24, 2.45) is 4.99 Å². The summed E-state index contributed by atoms with van der Waals surface area (Å²) in [7, 11) is 1.69. The summed E-state index contributed by atoms with van der Waals surface area (Å²) in [4.78, 5) is 5.77. The van der Waals surface area contributed by atoms with E-state index in [0.29, 0.717) is 13.2 Å². The zero-order chi connectivity index (χ0) is 13.2. The Labute approximate surface area is 144 Å². The van der Waals surface area contributed by atoms with Crippen LogP contribution in [-0.2, 0) is 11.2 Å². The van der Waals surface area contributed by atoms with Gasteiger partial charge in [-0.2, -0.15) is 0 Å². The second kappa shape index (κ2) is 11.9. The molecule has 0 aromatic carbocycles. The minimum atomic E-state index is 0. The Morgan fingerprint density at radius 2 is 2.21 bits per heavy atom. The molecule has 0 saturated carbocycles. The van der Waals surface area contributed by atoms with Gasteiger partial charge in [-0.25, -0.2) is 0 Å². The van der Waals surface area contributed by atoms with Gasteiger partial charge in [-0.05, 0) is 41.4 Å². The first-order valence-corrected chi connectivity index (χ1v) is 7.62. The molecule has 0 saturated heterocycles. The van der Waals surface area contributed by atoms with E-state index in [1.807, 2.05) is 0 Å². The average Bonchev–Trinajstić information content (AvgIpc) is 2.75. The molecule has 2 N–H and O–H groups in total. The standard InChI is InChI=1S/C12H20BrN3OS.HI/c1-3-14-12(16-8-9-17-2)15-7-6-10-4-5-11(13)18-10;/h4-5H,3,6-9H2,1-2H3,(H2,14,15,16);1H. The number of hydrogen-bond donors (Lipinski definition) is 2. The minimum Gasteiger partial charge on any atom is -0.383 e. The molecule has 0 unspecified atom stereocenters. The van der Waals surface area contributed by atoms with Crippen LogP contribution in [0.25, 0.3) is 0 Å². The van der Waals surface area contributed by atoms with Crippen LogP contribution < -0.4 is 10.6 Å². The summed E-state index contributed by atoms with van der Waals surface area (Å²) in [5, 5.41) is 6.52. The van der Waals surface area contributed by atoms with Crippen molar-refractivity contribution >= 4 is 57.2 Å². The predicted octanol–water partition coefficient (Wildman–Crippen LogP) is 2.87. The van der Waals surface area contributed by atoms with Gasteiger partial charge in [0.2, 0.25) is 0 Å². The van der Waals surface area contributed by atoms with E-state index in [2.05, 4.69) is 50.6 Å². The third-order valence-corrected chi connectivity index (χ3v) is 3.89. The maximum absolute atomic E-state index is 4.98. The lowest BCUT2D eigenvalue weighted by Gasteiger charge is -2.10. The molecule has 0 atom stereocenters. The molecule has 0 spiro atoms. The maximum atomic E-state index is 4.98. The Balaban J connectivity index is 0.00000324. The Hall–Kier alpha value is 0.140. The Bertz CT molecular complexity index is 374. The molecular weight excluding hydrogens is 441 g/mol. The van der Waals surface area contributed by atoms with Crippen molar-refractivity contribution in [1.82, 2.24) is 10.6 Å². The lowest BCUT2D eigenvalue weighted by molar-refractivity contribution is 0.208. The maximum Gasteiger partial charge on any atom is 0.191 e. The molecule has 1 aromatic heterocycles. The van der Waals surface area contributed by atoms with Crippen LogP contribution >= 0.6 is 51.2 Å². The van der Waals surface area contributed by atoms with Gasteiger partial charge in [0.25, 0.3) is 0 Å². The number of nitrogens with zero attached hydrogens (tertiary/aromatic N) is 1. The van der Waals surface area contributed by atoms with E-state index in [1.165, 1.54) is 8.66 Å². The Morgan fingerprint density at radius 3 is 2.79 bits per heavy atom. The highest BCUT2D eigenvalue weighted by atomic mass is 127. The molecule has 7 heteroatoms. The molecule has 0 aliphatic heterocycles. The summed E-state index contributed by atoms with van der Waals surface area (Å²) >= 11 is 5.24. The van der Waals surface area contributed by atoms with Crippen LogP contribution in [0.4, 0.5) is 0 Å². The van der Waals surface area contributed by atoms with Gasteiger partial charge in [0.15, 0.2) is 5.96 Å². The number of methoxy groups -OCH3 is 1. The van der Waals surface area contributed by atoms with E-state index < -0.39 is 0 Å². The number of hydrogen-bond acceptors (Lipinski definition) is 3. The molecule has 1 heterocycles. The van der Waals surface area contributed by atoms with Crippen molar-refractivity contribution in [3.8, 4) is 0 Å². The van der Waals surface area contributed by atoms with Crippen LogP contribution in [0.3, 0.4) is 0 Å². The highest BCUT2D eigenvalue weighted by molar-refractivity contribution is 14.0. The van der Waals surface area contributed by atoms with Crippen LogP contribution in [0.2, 0.25) is 0 Å². The minimum absolute atomic E-state index is 0. The molecule has 0 fully saturated rings. The van der Waals surface area contributed by atoms with Gasteiger partial charge < -0.3 is 15.4 Å². The van der Waals surface area contributed by atoms with Crippen LogP contribution in [0, 0.1) is 0 Å². The lowest BCUT2D eigenvalue weighted by Crippen LogP contribution is -2.38. The topological polar surface area (TPSA) is 45.7 Å². The second-order valence-electron chi connectivity index (χ2n) is 3.64. The van der Waals surface area contributed by atoms with Gasteiger partial charge in [0.05, 0.1) is 16.9 Å². The Kier molecular flexibility index (Phi) is 12.0. The van der Waals surface area contributed by atoms with Crippen molar-refractivity contribution < 1.29 is 4.74 Å². The van der Waals surface area contributed by atoms with Crippen molar-refractivity contribution in [3.63, 3.8) is 0 Å². The highest BCUT2D eigenvalue weighted by Gasteiger charge is 1.99. The van der Waals surface area contributed by atoms with Gasteiger partial charge in [0, 0.05) is 25.1 Å². The zero-order valence-electron chi connectivity index (χ0n) is 11.2. The fourth-order valence-electron chi connectivity index (χ4n) is 1.38. The molecular formula is C12H21BrIN3OS. The first-order chi connectivity index (χ1) is 8.76. The summed E-state index contributed by atoms with van der Waals surface area (Å²) in [6, 6.07) is 4.23. The number of guanidine groups is 1. The molecule has 19 heavy (non-hydrogen) atoms. The van der Waals surface area contributed by atoms with E-state index >= 15 is 0 Å². The lowest BCUT2D eigenvalue weighted by atomic mass is 10.3. The van der Waals surface area contributed by atoms with Crippen LogP contribution in [-0.4, -0.2) is 39.3 Å². The van der Waals surface area contributed by atoms with E-state index in [9.17, 15) is 0 Å². The molecule has 110 valence electrons. The van der Waals surface area contributed by atoms with E-state index in [1.54, 1.807) is 18.4 Å². The molecule has 4 nitrogen and oxygen atoms in total. The number of rotatable bonds is 7. The summed E-state index contributed by atoms with van der Waals surface area (Å²) in [6.45, 7) is 5.13. The number of ether oxygens (including phenoxy) is 1. The smallest absolute Gasteiger partial charge is 0.191 e. The summed E-state index contributed by atoms with van der Waals surface area (Å²) < 4.78 is 6.16. The normalized spacial score (nSPS) is 11.0. The van der Waals surface area contributed by atoms with Gasteiger partial charge in [-0.1, -0.05) is 0 Å². The van der Waals surface area contributed by atoms with Crippen molar-refractivity contribution in [2.75, 3.05) is 33.4 Å². The number of thiophene rings is 1. The zero-order valence-corrected chi connectivity index (χ0v) is 16.0. The summed E-state index contributed by atoms with van der Waals surface area (Å²) in [5.74, 6) is 0.852. The summed E-state index contributed by atoms with van der Waals surface area (Å²) in [6.07, 6.45) is 1.00. The third-order valence-electron chi connectivity index (χ3n) is 2.20. The number of halogens is 2. The van der Waals surface area contributed by atoms with Crippen molar-refractivity contribution in [3.05, 3.63) is 20.8 Å². The molecule has 1 rings (SSSR count). The molecule has 0 amide bonds.